The molecule has 18 heavy (non-hydrogen) atoms. The summed E-state index contributed by atoms with van der Waals surface area (Å²) in [5.74, 6) is 0.990. The van der Waals surface area contributed by atoms with Gasteiger partial charge in [0.1, 0.15) is 0 Å². The zero-order valence-corrected chi connectivity index (χ0v) is 12.5. The van der Waals surface area contributed by atoms with Gasteiger partial charge in [-0.3, -0.25) is 0 Å². The third-order valence-electron chi connectivity index (χ3n) is 5.21. The Labute approximate surface area is 114 Å². The highest BCUT2D eigenvalue weighted by Gasteiger charge is 2.21. The summed E-state index contributed by atoms with van der Waals surface area (Å²) in [7, 11) is 2.31. The highest BCUT2D eigenvalue weighted by molar-refractivity contribution is 4.79. The molecule has 2 saturated carbocycles. The largest absolute Gasteiger partial charge is 0.313 e. The van der Waals surface area contributed by atoms with E-state index in [1.165, 1.54) is 70.9 Å². The van der Waals surface area contributed by atoms with Crippen LogP contribution in [0.5, 0.6) is 0 Å². The maximum atomic E-state index is 3.80. The minimum Gasteiger partial charge on any atom is -0.313 e. The lowest BCUT2D eigenvalue weighted by Gasteiger charge is -2.30. The molecule has 0 aromatic carbocycles. The van der Waals surface area contributed by atoms with Crippen LogP contribution in [-0.4, -0.2) is 37.1 Å². The number of hydrogen-bond acceptors (Lipinski definition) is 2. The van der Waals surface area contributed by atoms with E-state index in [-0.39, 0.29) is 0 Å². The van der Waals surface area contributed by atoms with E-state index in [9.17, 15) is 0 Å². The highest BCUT2D eigenvalue weighted by atomic mass is 15.1. The van der Waals surface area contributed by atoms with Crippen molar-refractivity contribution in [3.05, 3.63) is 0 Å². The second-order valence-corrected chi connectivity index (χ2v) is 6.51. The van der Waals surface area contributed by atoms with Gasteiger partial charge in [-0.15, -0.1) is 0 Å². The Bertz CT molecular complexity index is 223. The average Bonchev–Trinajstić information content (AvgIpc) is 2.93. The van der Waals surface area contributed by atoms with Crippen molar-refractivity contribution >= 4 is 0 Å². The van der Waals surface area contributed by atoms with Gasteiger partial charge in [0.2, 0.25) is 0 Å². The van der Waals surface area contributed by atoms with Gasteiger partial charge >= 0.3 is 0 Å². The van der Waals surface area contributed by atoms with Crippen molar-refractivity contribution in [1.29, 1.82) is 0 Å². The van der Waals surface area contributed by atoms with E-state index in [1.54, 1.807) is 0 Å². The third-order valence-corrected chi connectivity index (χ3v) is 5.21. The summed E-state index contributed by atoms with van der Waals surface area (Å²) < 4.78 is 0. The van der Waals surface area contributed by atoms with Gasteiger partial charge in [0.15, 0.2) is 0 Å². The van der Waals surface area contributed by atoms with E-state index in [2.05, 4.69) is 24.2 Å². The van der Waals surface area contributed by atoms with Gasteiger partial charge in [-0.2, -0.15) is 0 Å². The van der Waals surface area contributed by atoms with Crippen molar-refractivity contribution in [1.82, 2.24) is 10.2 Å². The molecule has 0 bridgehead atoms. The van der Waals surface area contributed by atoms with Gasteiger partial charge in [0, 0.05) is 25.2 Å². The molecule has 106 valence electrons. The molecule has 1 N–H and O–H groups in total. The molecular formula is C16H32N2. The fourth-order valence-corrected chi connectivity index (χ4v) is 3.82. The molecule has 2 aliphatic carbocycles. The van der Waals surface area contributed by atoms with Crippen LogP contribution in [0.2, 0.25) is 0 Å². The minimum absolute atomic E-state index is 0.806. The molecule has 0 aromatic rings. The fourth-order valence-electron chi connectivity index (χ4n) is 3.82. The first-order valence-corrected chi connectivity index (χ1v) is 8.23. The van der Waals surface area contributed by atoms with Crippen molar-refractivity contribution in [2.75, 3.05) is 20.1 Å². The maximum absolute atomic E-state index is 3.80. The Hall–Kier alpha value is -0.0800. The van der Waals surface area contributed by atoms with Crippen LogP contribution in [0, 0.1) is 5.92 Å². The summed E-state index contributed by atoms with van der Waals surface area (Å²) in [6.45, 7) is 4.77. The predicted molar refractivity (Wildman–Crippen MR) is 78.9 cm³/mol. The molecule has 0 heterocycles. The van der Waals surface area contributed by atoms with Crippen molar-refractivity contribution in [3.63, 3.8) is 0 Å². The smallest absolute Gasteiger partial charge is 0.0107 e. The van der Waals surface area contributed by atoms with Gasteiger partial charge in [-0.05, 0) is 38.6 Å². The topological polar surface area (TPSA) is 15.3 Å². The van der Waals surface area contributed by atoms with Crippen molar-refractivity contribution in [2.24, 2.45) is 5.92 Å². The highest BCUT2D eigenvalue weighted by Crippen LogP contribution is 2.26. The van der Waals surface area contributed by atoms with Crippen molar-refractivity contribution in [3.8, 4) is 0 Å². The molecule has 2 fully saturated rings. The van der Waals surface area contributed by atoms with Gasteiger partial charge < -0.3 is 10.2 Å². The lowest BCUT2D eigenvalue weighted by Crippen LogP contribution is -2.40. The van der Waals surface area contributed by atoms with Gasteiger partial charge in [-0.25, -0.2) is 0 Å². The molecule has 2 aliphatic rings. The first-order valence-electron chi connectivity index (χ1n) is 8.23. The zero-order valence-electron chi connectivity index (χ0n) is 12.5. The first kappa shape index (κ1) is 14.3. The molecular weight excluding hydrogens is 220 g/mol. The number of nitrogens with one attached hydrogen (secondary N) is 1. The van der Waals surface area contributed by atoms with Crippen LogP contribution >= 0.6 is 0 Å². The molecule has 0 radical (unpaired) electrons. The normalized spacial score (nSPS) is 30.2. The van der Waals surface area contributed by atoms with Crippen LogP contribution in [0.3, 0.4) is 0 Å². The summed E-state index contributed by atoms with van der Waals surface area (Å²) in [5.41, 5.74) is 0. The molecule has 2 nitrogen and oxygen atoms in total. The predicted octanol–water partition coefficient (Wildman–Crippen LogP) is 3.42. The molecule has 0 aliphatic heterocycles. The lowest BCUT2D eigenvalue weighted by atomic mass is 9.84. The van der Waals surface area contributed by atoms with Gasteiger partial charge in [-0.1, -0.05) is 39.0 Å². The number of rotatable bonds is 6. The summed E-state index contributed by atoms with van der Waals surface area (Å²) >= 11 is 0. The molecule has 2 rings (SSSR count). The maximum Gasteiger partial charge on any atom is 0.0107 e. The van der Waals surface area contributed by atoms with Gasteiger partial charge in [0.05, 0.1) is 0 Å². The molecule has 2 unspecified atom stereocenters. The van der Waals surface area contributed by atoms with Crippen LogP contribution in [0.4, 0.5) is 0 Å². The second kappa shape index (κ2) is 7.49. The van der Waals surface area contributed by atoms with Crippen LogP contribution < -0.4 is 5.32 Å². The van der Waals surface area contributed by atoms with Crippen LogP contribution in [0.25, 0.3) is 0 Å². The molecule has 2 heteroatoms. The Morgan fingerprint density at radius 1 is 1.06 bits per heavy atom. The van der Waals surface area contributed by atoms with Crippen molar-refractivity contribution in [2.45, 2.75) is 76.8 Å². The van der Waals surface area contributed by atoms with E-state index < -0.39 is 0 Å². The monoisotopic (exact) mass is 252 g/mol. The summed E-state index contributed by atoms with van der Waals surface area (Å²) in [4.78, 5) is 2.58. The fraction of sp³-hybridized carbons (Fsp3) is 1.00. The Balaban J connectivity index is 1.59. The standard InChI is InChI=1S/C16H32N2/c1-3-14-7-6-8-15(13-14)17-11-12-18(2)16-9-4-5-10-16/h14-17H,3-13H2,1-2H3. The van der Waals surface area contributed by atoms with E-state index in [0.717, 1.165) is 18.0 Å². The number of nitrogens with zero attached hydrogens (tertiary/aromatic N) is 1. The minimum atomic E-state index is 0.806. The number of likely N-dealkylation sites (N-methyl/N-ethyl adjacent to an activating group) is 1. The SMILES string of the molecule is CCC1CCCC(NCCN(C)C2CCCC2)C1. The summed E-state index contributed by atoms with van der Waals surface area (Å²) in [5, 5.41) is 3.80. The van der Waals surface area contributed by atoms with Crippen LogP contribution in [0.1, 0.15) is 64.7 Å². The summed E-state index contributed by atoms with van der Waals surface area (Å²) in [6, 6.07) is 1.68. The first-order chi connectivity index (χ1) is 8.79. The Morgan fingerprint density at radius 2 is 1.83 bits per heavy atom. The zero-order chi connectivity index (χ0) is 12.8. The second-order valence-electron chi connectivity index (χ2n) is 6.51. The van der Waals surface area contributed by atoms with E-state index in [4.69, 9.17) is 0 Å². The third kappa shape index (κ3) is 4.24. The summed E-state index contributed by atoms with van der Waals surface area (Å²) in [6.07, 6.45) is 12.9. The Morgan fingerprint density at radius 3 is 2.56 bits per heavy atom. The average molecular weight is 252 g/mol. The van der Waals surface area contributed by atoms with E-state index in [1.807, 2.05) is 0 Å². The van der Waals surface area contributed by atoms with Crippen LogP contribution in [-0.2, 0) is 0 Å². The molecule has 0 saturated heterocycles. The van der Waals surface area contributed by atoms with E-state index in [0.29, 0.717) is 0 Å². The molecule has 0 aromatic heterocycles. The quantitative estimate of drug-likeness (QED) is 0.779. The Kier molecular flexibility index (Phi) is 5.97. The number of hydrogen-bond donors (Lipinski definition) is 1. The molecule has 2 atom stereocenters. The van der Waals surface area contributed by atoms with Crippen LogP contribution in [0.15, 0.2) is 0 Å². The van der Waals surface area contributed by atoms with E-state index >= 15 is 0 Å². The van der Waals surface area contributed by atoms with Gasteiger partial charge in [0.25, 0.3) is 0 Å². The molecule has 0 amide bonds. The lowest BCUT2D eigenvalue weighted by molar-refractivity contribution is 0.227. The molecule has 0 spiro atoms. The van der Waals surface area contributed by atoms with Crippen molar-refractivity contribution < 1.29 is 0 Å².